The van der Waals surface area contributed by atoms with Gasteiger partial charge in [0.2, 0.25) is 0 Å². The van der Waals surface area contributed by atoms with Crippen LogP contribution in [0.15, 0.2) is 46.5 Å². The van der Waals surface area contributed by atoms with Gasteiger partial charge in [0, 0.05) is 19.7 Å². The van der Waals surface area contributed by atoms with Crippen LogP contribution in [0, 0.1) is 5.82 Å². The number of ether oxygens (including phenoxy) is 2. The Morgan fingerprint density at radius 2 is 2.36 bits per heavy atom. The van der Waals surface area contributed by atoms with Crippen LogP contribution in [0.3, 0.4) is 0 Å². The number of hydrogen-bond donors (Lipinski definition) is 0. The quantitative estimate of drug-likeness (QED) is 0.630. The number of halogens is 1. The van der Waals surface area contributed by atoms with Crippen molar-refractivity contribution < 1.29 is 18.7 Å². The minimum absolute atomic E-state index is 0.0291. The lowest BCUT2D eigenvalue weighted by Gasteiger charge is -2.26. The number of hydrogen-bond acceptors (Lipinski definition) is 4. The van der Waals surface area contributed by atoms with Gasteiger partial charge in [0.05, 0.1) is 18.5 Å². The van der Waals surface area contributed by atoms with Crippen LogP contribution in [-0.2, 0) is 9.53 Å². The number of carbonyl (C=O) groups excluding carboxylic acids is 1. The summed E-state index contributed by atoms with van der Waals surface area (Å²) < 4.78 is 23.5. The molecule has 1 aromatic rings. The molecule has 0 spiro atoms. The van der Waals surface area contributed by atoms with Crippen LogP contribution in [0.2, 0.25) is 0 Å². The van der Waals surface area contributed by atoms with E-state index in [4.69, 9.17) is 9.47 Å². The summed E-state index contributed by atoms with van der Waals surface area (Å²) in [7, 11) is 1.49. The lowest BCUT2D eigenvalue weighted by Crippen LogP contribution is -2.41. The van der Waals surface area contributed by atoms with E-state index in [9.17, 15) is 9.18 Å². The van der Waals surface area contributed by atoms with Gasteiger partial charge in [0.25, 0.3) is 5.91 Å². The van der Waals surface area contributed by atoms with Gasteiger partial charge in [-0.2, -0.15) is 0 Å². The maximum absolute atomic E-state index is 13.1. The average Bonchev–Trinajstić information content (AvgIpc) is 2.51. The number of rotatable bonds is 3. The highest BCUT2D eigenvalue weighted by Crippen LogP contribution is 2.13. The first kappa shape index (κ1) is 15.8. The molecule has 0 atom stereocenters. The molecule has 0 unspecified atom stereocenters. The van der Waals surface area contributed by atoms with Crippen molar-refractivity contribution in [3.8, 4) is 5.75 Å². The predicted molar refractivity (Wildman–Crippen MR) is 80.6 cm³/mol. The maximum Gasteiger partial charge on any atom is 0.316 e. The van der Waals surface area contributed by atoms with Crippen molar-refractivity contribution in [2.24, 2.45) is 9.98 Å². The van der Waals surface area contributed by atoms with Gasteiger partial charge in [-0.15, -0.1) is 0 Å². The molecule has 0 bridgehead atoms. The number of amides is 1. The highest BCUT2D eigenvalue weighted by atomic mass is 19.1. The van der Waals surface area contributed by atoms with Crippen LogP contribution in [0.5, 0.6) is 5.75 Å². The van der Waals surface area contributed by atoms with E-state index < -0.39 is 5.82 Å². The molecule has 1 saturated heterocycles. The third kappa shape index (κ3) is 4.23. The van der Waals surface area contributed by atoms with Gasteiger partial charge in [0.1, 0.15) is 18.2 Å². The largest absolute Gasteiger partial charge is 0.424 e. The molecule has 1 aromatic carbocycles. The van der Waals surface area contributed by atoms with Crippen LogP contribution < -0.4 is 4.74 Å². The zero-order valence-electron chi connectivity index (χ0n) is 12.2. The fourth-order valence-electron chi connectivity index (χ4n) is 1.79. The standard InChI is InChI=1S/C15H16FN3O3/c1-11(19-6-7-21-10-14(19)20)9-18-15(17-2)22-13-5-3-4-12(16)8-13/h3-5,8-9H,1,6-7,10H2,2H3. The van der Waals surface area contributed by atoms with Crippen LogP contribution in [0.1, 0.15) is 0 Å². The second kappa shape index (κ2) is 7.46. The lowest BCUT2D eigenvalue weighted by atomic mass is 10.3. The highest BCUT2D eigenvalue weighted by Gasteiger charge is 2.20. The first-order valence-electron chi connectivity index (χ1n) is 6.61. The Hall–Kier alpha value is -2.54. The molecule has 0 aliphatic carbocycles. The number of allylic oxidation sites excluding steroid dienone is 1. The summed E-state index contributed by atoms with van der Waals surface area (Å²) in [4.78, 5) is 21.0. The fraction of sp³-hybridized carbons (Fsp3) is 0.267. The number of nitrogens with zero attached hydrogens (tertiary/aromatic N) is 3. The van der Waals surface area contributed by atoms with Crippen LogP contribution in [0.4, 0.5) is 4.39 Å². The van der Waals surface area contributed by atoms with E-state index in [2.05, 4.69) is 16.6 Å². The Morgan fingerprint density at radius 1 is 1.55 bits per heavy atom. The van der Waals surface area contributed by atoms with Crippen molar-refractivity contribution in [1.29, 1.82) is 0 Å². The predicted octanol–water partition coefficient (Wildman–Crippen LogP) is 1.63. The Bertz CT molecular complexity index is 628. The van der Waals surface area contributed by atoms with E-state index in [1.165, 1.54) is 36.4 Å². The molecular weight excluding hydrogens is 289 g/mol. The van der Waals surface area contributed by atoms with Gasteiger partial charge >= 0.3 is 6.02 Å². The van der Waals surface area contributed by atoms with Crippen LogP contribution in [0.25, 0.3) is 0 Å². The van der Waals surface area contributed by atoms with Crippen molar-refractivity contribution in [3.05, 3.63) is 42.4 Å². The number of morpholine rings is 1. The molecule has 1 heterocycles. The zero-order chi connectivity index (χ0) is 15.9. The zero-order valence-corrected chi connectivity index (χ0v) is 12.2. The second-order valence-electron chi connectivity index (χ2n) is 4.41. The van der Waals surface area contributed by atoms with Crippen molar-refractivity contribution in [2.45, 2.75) is 0 Å². The van der Waals surface area contributed by atoms with E-state index >= 15 is 0 Å². The molecule has 0 N–H and O–H groups in total. The summed E-state index contributed by atoms with van der Waals surface area (Å²) in [5, 5.41) is 0. The van der Waals surface area contributed by atoms with E-state index in [0.29, 0.717) is 18.8 Å². The molecule has 116 valence electrons. The summed E-state index contributed by atoms with van der Waals surface area (Å²) in [6, 6.07) is 5.68. The number of benzene rings is 1. The topological polar surface area (TPSA) is 63.5 Å². The minimum Gasteiger partial charge on any atom is -0.424 e. The van der Waals surface area contributed by atoms with E-state index in [1.807, 2.05) is 0 Å². The molecule has 2 rings (SSSR count). The number of carbonyl (C=O) groups is 1. The van der Waals surface area contributed by atoms with Crippen molar-refractivity contribution in [1.82, 2.24) is 4.90 Å². The van der Waals surface area contributed by atoms with Gasteiger partial charge in [-0.05, 0) is 12.1 Å². The fourth-order valence-corrected chi connectivity index (χ4v) is 1.79. The van der Waals surface area contributed by atoms with Gasteiger partial charge in [0.15, 0.2) is 0 Å². The van der Waals surface area contributed by atoms with E-state index in [0.717, 1.165) is 0 Å². The molecule has 7 heteroatoms. The third-order valence-corrected chi connectivity index (χ3v) is 2.85. The first-order valence-corrected chi connectivity index (χ1v) is 6.61. The van der Waals surface area contributed by atoms with Crippen molar-refractivity contribution in [2.75, 3.05) is 26.8 Å². The minimum atomic E-state index is -0.416. The third-order valence-electron chi connectivity index (χ3n) is 2.85. The van der Waals surface area contributed by atoms with Gasteiger partial charge in [-0.3, -0.25) is 4.79 Å². The Kier molecular flexibility index (Phi) is 5.37. The van der Waals surface area contributed by atoms with Gasteiger partial charge < -0.3 is 14.4 Å². The molecule has 1 aliphatic heterocycles. The smallest absolute Gasteiger partial charge is 0.316 e. The van der Waals surface area contributed by atoms with Gasteiger partial charge in [-0.1, -0.05) is 12.6 Å². The van der Waals surface area contributed by atoms with E-state index in [1.54, 1.807) is 6.07 Å². The molecule has 0 saturated carbocycles. The lowest BCUT2D eigenvalue weighted by molar-refractivity contribution is -0.139. The normalized spacial score (nSPS) is 16.2. The van der Waals surface area contributed by atoms with Crippen LogP contribution >= 0.6 is 0 Å². The van der Waals surface area contributed by atoms with Crippen molar-refractivity contribution >= 4 is 18.1 Å². The SMILES string of the molecule is C=C(C=NC(=NC)Oc1cccc(F)c1)N1CCOCC1=O. The highest BCUT2D eigenvalue weighted by molar-refractivity contribution is 5.94. The average molecular weight is 305 g/mol. The van der Waals surface area contributed by atoms with Crippen LogP contribution in [-0.4, -0.2) is 49.8 Å². The van der Waals surface area contributed by atoms with Crippen molar-refractivity contribution in [3.63, 3.8) is 0 Å². The molecule has 6 nitrogen and oxygen atoms in total. The molecule has 22 heavy (non-hydrogen) atoms. The summed E-state index contributed by atoms with van der Waals surface area (Å²) in [6.07, 6.45) is 1.38. The Labute approximate surface area is 127 Å². The molecule has 0 radical (unpaired) electrons. The summed E-state index contributed by atoms with van der Waals surface area (Å²) in [5.41, 5.74) is 0.414. The maximum atomic E-state index is 13.1. The van der Waals surface area contributed by atoms with E-state index in [-0.39, 0.29) is 24.3 Å². The monoisotopic (exact) mass is 305 g/mol. The summed E-state index contributed by atoms with van der Waals surface area (Å²) in [6.45, 7) is 4.69. The summed E-state index contributed by atoms with van der Waals surface area (Å²) >= 11 is 0. The molecular formula is C15H16FN3O3. The first-order chi connectivity index (χ1) is 10.6. The molecule has 0 aromatic heterocycles. The molecule has 1 amide bonds. The number of aliphatic imine (C=N–C) groups is 2. The summed E-state index contributed by atoms with van der Waals surface area (Å²) in [5.74, 6) is -0.310. The Balaban J connectivity index is 2.00. The number of amidine groups is 1. The second-order valence-corrected chi connectivity index (χ2v) is 4.41. The molecule has 1 aliphatic rings. The molecule has 1 fully saturated rings. The Morgan fingerprint density at radius 3 is 3.05 bits per heavy atom. The van der Waals surface area contributed by atoms with Gasteiger partial charge in [-0.25, -0.2) is 14.4 Å².